The number of nitriles is 1. The molecule has 0 spiro atoms. The van der Waals surface area contributed by atoms with Gasteiger partial charge < -0.3 is 4.74 Å². The minimum Gasteiger partial charge on any atom is -0.465 e. The number of hydrogen-bond acceptors (Lipinski definition) is 4. The van der Waals surface area contributed by atoms with Gasteiger partial charge in [0.1, 0.15) is 16.7 Å². The number of rotatable bonds is 5. The van der Waals surface area contributed by atoms with Crippen LogP contribution in [0.1, 0.15) is 6.92 Å². The number of allylic oxidation sites excluding steroid dienone is 2. The van der Waals surface area contributed by atoms with Crippen molar-refractivity contribution < 1.29 is 13.2 Å². The molecule has 0 bridgehead atoms. The van der Waals surface area contributed by atoms with Crippen molar-refractivity contribution in [3.63, 3.8) is 0 Å². The van der Waals surface area contributed by atoms with Crippen LogP contribution in [0, 0.1) is 11.3 Å². The predicted molar refractivity (Wildman–Crippen MR) is 89.3 cm³/mol. The van der Waals surface area contributed by atoms with Gasteiger partial charge in [-0.25, -0.2) is 8.42 Å². The molecule has 0 saturated heterocycles. The van der Waals surface area contributed by atoms with Gasteiger partial charge in [-0.1, -0.05) is 36.9 Å². The van der Waals surface area contributed by atoms with Gasteiger partial charge in [0.15, 0.2) is 0 Å². The van der Waals surface area contributed by atoms with Gasteiger partial charge in [-0.3, -0.25) is 0 Å². The van der Waals surface area contributed by atoms with Crippen molar-refractivity contribution in [3.8, 4) is 22.9 Å². The summed E-state index contributed by atoms with van der Waals surface area (Å²) in [7, 11) is -3.80. The van der Waals surface area contributed by atoms with Crippen molar-refractivity contribution in [2.75, 3.05) is 0 Å². The smallest absolute Gasteiger partial charge is 0.216 e. The molecule has 0 aliphatic heterocycles. The third-order valence-electron chi connectivity index (χ3n) is 3.12. The predicted octanol–water partition coefficient (Wildman–Crippen LogP) is 4.08. The summed E-state index contributed by atoms with van der Waals surface area (Å²) >= 11 is 0. The third-order valence-corrected chi connectivity index (χ3v) is 4.75. The normalized spacial score (nSPS) is 11.1. The average Bonchev–Trinajstić information content (AvgIpc) is 2.59. The third kappa shape index (κ3) is 3.68. The van der Waals surface area contributed by atoms with Gasteiger partial charge in [0.05, 0.1) is 11.2 Å². The summed E-state index contributed by atoms with van der Waals surface area (Å²) in [5, 5.41) is 8.72. The first-order valence-electron chi connectivity index (χ1n) is 6.81. The average molecular weight is 325 g/mol. The molecule has 2 aromatic carbocycles. The zero-order valence-corrected chi connectivity index (χ0v) is 13.4. The summed E-state index contributed by atoms with van der Waals surface area (Å²) in [5.74, 6) is 0.690. The van der Waals surface area contributed by atoms with Crippen LogP contribution in [0.5, 0.6) is 5.75 Å². The van der Waals surface area contributed by atoms with Crippen LogP contribution in [0.4, 0.5) is 0 Å². The Morgan fingerprint density at radius 3 is 2.48 bits per heavy atom. The summed E-state index contributed by atoms with van der Waals surface area (Å²) in [6.45, 7) is 5.13. The van der Waals surface area contributed by atoms with E-state index in [2.05, 4.69) is 6.58 Å². The summed E-state index contributed by atoms with van der Waals surface area (Å²) in [5.41, 5.74) is 1.74. The van der Waals surface area contributed by atoms with Gasteiger partial charge in [0.2, 0.25) is 9.84 Å². The molecule has 2 aromatic rings. The molecule has 0 radical (unpaired) electrons. The molecule has 5 heteroatoms. The second-order valence-electron chi connectivity index (χ2n) is 4.68. The second-order valence-corrected chi connectivity index (χ2v) is 6.65. The first-order chi connectivity index (χ1) is 11.0. The molecular formula is C18H15NO3S. The maximum Gasteiger partial charge on any atom is 0.216 e. The van der Waals surface area contributed by atoms with Gasteiger partial charge in [0.25, 0.3) is 0 Å². The molecular weight excluding hydrogens is 310 g/mol. The molecule has 0 unspecified atom stereocenters. The van der Waals surface area contributed by atoms with Gasteiger partial charge in [-0.2, -0.15) is 5.26 Å². The molecule has 0 heterocycles. The van der Waals surface area contributed by atoms with Crippen LogP contribution in [-0.4, -0.2) is 8.42 Å². The van der Waals surface area contributed by atoms with Gasteiger partial charge >= 0.3 is 0 Å². The van der Waals surface area contributed by atoms with E-state index in [0.717, 1.165) is 11.1 Å². The molecule has 0 atom stereocenters. The summed E-state index contributed by atoms with van der Waals surface area (Å²) < 4.78 is 29.5. The molecule has 0 aliphatic rings. The molecule has 0 aliphatic carbocycles. The fourth-order valence-corrected chi connectivity index (χ4v) is 2.82. The van der Waals surface area contributed by atoms with E-state index >= 15 is 0 Å². The molecule has 0 aromatic heterocycles. The van der Waals surface area contributed by atoms with Crippen molar-refractivity contribution in [2.24, 2.45) is 0 Å². The Bertz CT molecular complexity index is 889. The van der Waals surface area contributed by atoms with Crippen LogP contribution in [0.2, 0.25) is 0 Å². The molecule has 2 rings (SSSR count). The van der Waals surface area contributed by atoms with E-state index in [1.165, 1.54) is 12.1 Å². The minimum atomic E-state index is -3.80. The SMILES string of the molecule is C=C(C#N)S(=O)(=O)c1ccc(-c2cccc(OC=CC)c2)cc1. The Kier molecular flexibility index (Phi) is 4.99. The highest BCUT2D eigenvalue weighted by Gasteiger charge is 2.18. The fourth-order valence-electron chi connectivity index (χ4n) is 1.92. The first-order valence-corrected chi connectivity index (χ1v) is 8.30. The number of sulfone groups is 1. The van der Waals surface area contributed by atoms with E-state index in [1.54, 1.807) is 30.5 Å². The lowest BCUT2D eigenvalue weighted by molar-refractivity contribution is 0.480. The Labute approximate surface area is 135 Å². The van der Waals surface area contributed by atoms with Crippen LogP contribution in [-0.2, 0) is 9.84 Å². The minimum absolute atomic E-state index is 0.0501. The fraction of sp³-hybridized carbons (Fsp3) is 0.0556. The quantitative estimate of drug-likeness (QED) is 0.614. The van der Waals surface area contributed by atoms with Gasteiger partial charge in [-0.15, -0.1) is 0 Å². The maximum atomic E-state index is 12.0. The Hall–Kier alpha value is -2.84. The summed E-state index contributed by atoms with van der Waals surface area (Å²) in [6, 6.07) is 15.3. The Morgan fingerprint density at radius 1 is 1.17 bits per heavy atom. The molecule has 116 valence electrons. The number of ether oxygens (including phenoxy) is 1. The van der Waals surface area contributed by atoms with E-state index < -0.39 is 14.7 Å². The standard InChI is InChI=1S/C18H15NO3S/c1-3-11-22-17-6-4-5-16(12-17)15-7-9-18(10-8-15)23(20,21)14(2)13-19/h3-12H,2H2,1H3. The van der Waals surface area contributed by atoms with Crippen LogP contribution in [0.15, 0.2) is 77.2 Å². The largest absolute Gasteiger partial charge is 0.465 e. The number of benzene rings is 2. The van der Waals surface area contributed by atoms with Crippen molar-refractivity contribution in [1.82, 2.24) is 0 Å². The lowest BCUT2D eigenvalue weighted by atomic mass is 10.1. The lowest BCUT2D eigenvalue weighted by Crippen LogP contribution is -2.02. The Morgan fingerprint density at radius 2 is 1.87 bits per heavy atom. The molecule has 4 nitrogen and oxygen atoms in total. The van der Waals surface area contributed by atoms with E-state index in [4.69, 9.17) is 10.00 Å². The van der Waals surface area contributed by atoms with E-state index in [0.29, 0.717) is 5.75 Å². The second kappa shape index (κ2) is 6.95. The number of nitrogens with zero attached hydrogens (tertiary/aromatic N) is 1. The van der Waals surface area contributed by atoms with E-state index in [9.17, 15) is 8.42 Å². The summed E-state index contributed by atoms with van der Waals surface area (Å²) in [4.78, 5) is -0.416. The zero-order valence-electron chi connectivity index (χ0n) is 12.6. The summed E-state index contributed by atoms with van der Waals surface area (Å²) in [6.07, 6.45) is 3.37. The van der Waals surface area contributed by atoms with E-state index in [-0.39, 0.29) is 4.90 Å². The highest BCUT2D eigenvalue weighted by molar-refractivity contribution is 7.95. The van der Waals surface area contributed by atoms with E-state index in [1.807, 2.05) is 31.2 Å². The zero-order chi connectivity index (χ0) is 16.9. The maximum absolute atomic E-state index is 12.0. The monoisotopic (exact) mass is 325 g/mol. The highest BCUT2D eigenvalue weighted by Crippen LogP contribution is 2.26. The molecule has 0 fully saturated rings. The van der Waals surface area contributed by atoms with Gasteiger partial charge in [0, 0.05) is 0 Å². The highest BCUT2D eigenvalue weighted by atomic mass is 32.2. The van der Waals surface area contributed by atoms with Crippen molar-refractivity contribution in [3.05, 3.63) is 72.4 Å². The molecule has 23 heavy (non-hydrogen) atoms. The van der Waals surface area contributed by atoms with Crippen LogP contribution in [0.25, 0.3) is 11.1 Å². The first kappa shape index (κ1) is 16.5. The Balaban J connectivity index is 2.34. The van der Waals surface area contributed by atoms with Crippen LogP contribution in [0.3, 0.4) is 0 Å². The van der Waals surface area contributed by atoms with Crippen LogP contribution < -0.4 is 4.74 Å². The van der Waals surface area contributed by atoms with Crippen molar-refractivity contribution in [1.29, 1.82) is 5.26 Å². The molecule has 0 N–H and O–H groups in total. The topological polar surface area (TPSA) is 67.2 Å². The molecule has 0 amide bonds. The van der Waals surface area contributed by atoms with Crippen LogP contribution >= 0.6 is 0 Å². The van der Waals surface area contributed by atoms with Crippen molar-refractivity contribution in [2.45, 2.75) is 11.8 Å². The number of hydrogen-bond donors (Lipinski definition) is 0. The van der Waals surface area contributed by atoms with Gasteiger partial charge in [-0.05, 0) is 42.3 Å². The lowest BCUT2D eigenvalue weighted by Gasteiger charge is -2.06. The van der Waals surface area contributed by atoms with Crippen molar-refractivity contribution >= 4 is 9.84 Å². The molecule has 0 saturated carbocycles.